The average Bonchev–Trinajstić information content (AvgIpc) is 3.07. The molecule has 4 rings (SSSR count). The molecule has 0 aromatic heterocycles. The van der Waals surface area contributed by atoms with Gasteiger partial charge in [-0.1, -0.05) is 70.5 Å². The van der Waals surface area contributed by atoms with E-state index in [4.69, 9.17) is 9.47 Å². The molecule has 1 heterocycles. The number of ether oxygens (including phenoxy) is 2. The predicted octanol–water partition coefficient (Wildman–Crippen LogP) is 4.05. The molecule has 2 aromatic carbocycles. The van der Waals surface area contributed by atoms with Crippen LogP contribution in [0.2, 0.25) is 0 Å². The smallest absolute Gasteiger partial charge is 0.362 e. The Bertz CT molecular complexity index is 884. The second kappa shape index (κ2) is 6.20. The quantitative estimate of drug-likeness (QED) is 0.481. The topological polar surface area (TPSA) is 52.6 Å². The molecule has 2 aromatic rings. The fraction of sp³-hybridized carbons (Fsp3) is 0.300. The van der Waals surface area contributed by atoms with Crippen molar-refractivity contribution in [1.29, 1.82) is 0 Å². The third-order valence-electron chi connectivity index (χ3n) is 5.33. The highest BCUT2D eigenvalue weighted by atomic mass is 79.9. The average molecular weight is 480 g/mol. The molecule has 1 aliphatic carbocycles. The molecular formula is C20H16Br2O4. The normalized spacial score (nSPS) is 32.3. The lowest BCUT2D eigenvalue weighted by Crippen LogP contribution is -2.58. The van der Waals surface area contributed by atoms with Crippen molar-refractivity contribution in [2.45, 2.75) is 21.2 Å². The van der Waals surface area contributed by atoms with Gasteiger partial charge < -0.3 is 9.47 Å². The first-order chi connectivity index (χ1) is 12.4. The van der Waals surface area contributed by atoms with E-state index in [1.807, 2.05) is 54.6 Å². The predicted molar refractivity (Wildman–Crippen MR) is 103 cm³/mol. The van der Waals surface area contributed by atoms with Crippen LogP contribution in [0, 0.1) is 5.92 Å². The third-order valence-corrected chi connectivity index (χ3v) is 7.68. The largest absolute Gasteiger partial charge is 0.465 e. The van der Waals surface area contributed by atoms with Gasteiger partial charge in [0.15, 0.2) is 4.32 Å². The van der Waals surface area contributed by atoms with Crippen molar-refractivity contribution in [2.24, 2.45) is 5.92 Å². The van der Waals surface area contributed by atoms with E-state index >= 15 is 0 Å². The molecule has 6 heteroatoms. The number of esters is 2. The van der Waals surface area contributed by atoms with Gasteiger partial charge in [0.2, 0.25) is 0 Å². The van der Waals surface area contributed by atoms with Gasteiger partial charge in [-0.15, -0.1) is 0 Å². The summed E-state index contributed by atoms with van der Waals surface area (Å²) in [5.41, 5.74) is 2.95. The molecule has 1 saturated heterocycles. The molecule has 1 unspecified atom stereocenters. The number of fused-ring (bicyclic) bond motifs is 3. The number of hydrogen-bond donors (Lipinski definition) is 0. The van der Waals surface area contributed by atoms with E-state index in [2.05, 4.69) is 31.9 Å². The Kier molecular flexibility index (Phi) is 4.23. The van der Waals surface area contributed by atoms with Gasteiger partial charge in [0.05, 0.1) is 7.11 Å². The number of benzene rings is 2. The standard InChI is InChI=1S/C20H16Br2O4/c1-25-18(24)20(22)15-11-12-7-5-6-10-14(12)16(15)19(21,17(23)26-20)13-8-3-2-4-9-13/h2-10,15-16H,11H2,1H3/t15-,16+,19+,20?/m0/s1. The SMILES string of the molecule is COC(=O)C1(Br)OC(=O)[C@@](Br)(c2ccccc2)[C@@H]2c3ccccc3C[C@@H]21. The van der Waals surface area contributed by atoms with Gasteiger partial charge in [0.25, 0.3) is 4.51 Å². The molecule has 0 amide bonds. The molecule has 134 valence electrons. The van der Waals surface area contributed by atoms with Crippen molar-refractivity contribution >= 4 is 43.8 Å². The van der Waals surface area contributed by atoms with Crippen LogP contribution < -0.4 is 0 Å². The second-order valence-electron chi connectivity index (χ2n) is 6.59. The molecule has 0 radical (unpaired) electrons. The fourth-order valence-electron chi connectivity index (χ4n) is 4.15. The summed E-state index contributed by atoms with van der Waals surface area (Å²) in [5.74, 6) is -1.69. The van der Waals surface area contributed by atoms with Crippen LogP contribution in [0.15, 0.2) is 54.6 Å². The molecule has 0 saturated carbocycles. The van der Waals surface area contributed by atoms with E-state index in [1.54, 1.807) is 0 Å². The first kappa shape index (κ1) is 17.7. The molecule has 1 aliphatic heterocycles. The van der Waals surface area contributed by atoms with Gasteiger partial charge in [-0.25, -0.2) is 4.79 Å². The molecule has 2 aliphatic rings. The Labute approximate surface area is 168 Å². The zero-order valence-corrected chi connectivity index (χ0v) is 17.1. The summed E-state index contributed by atoms with van der Waals surface area (Å²) in [5, 5.41) is 0. The number of carbonyl (C=O) groups is 2. The molecule has 0 spiro atoms. The zero-order chi connectivity index (χ0) is 18.5. The van der Waals surface area contributed by atoms with Crippen LogP contribution in [0.5, 0.6) is 0 Å². The zero-order valence-electron chi connectivity index (χ0n) is 13.9. The Morgan fingerprint density at radius 2 is 1.77 bits per heavy atom. The Morgan fingerprint density at radius 3 is 2.46 bits per heavy atom. The first-order valence-corrected chi connectivity index (χ1v) is 9.84. The van der Waals surface area contributed by atoms with E-state index < -0.39 is 20.8 Å². The lowest BCUT2D eigenvalue weighted by molar-refractivity contribution is -0.184. The number of hydrogen-bond acceptors (Lipinski definition) is 4. The lowest BCUT2D eigenvalue weighted by Gasteiger charge is -2.46. The second-order valence-corrected chi connectivity index (χ2v) is 9.02. The minimum absolute atomic E-state index is 0.277. The number of methoxy groups -OCH3 is 1. The van der Waals surface area contributed by atoms with Crippen LogP contribution in [0.1, 0.15) is 22.6 Å². The van der Waals surface area contributed by atoms with Crippen molar-refractivity contribution in [3.63, 3.8) is 0 Å². The highest BCUT2D eigenvalue weighted by Gasteiger charge is 2.67. The van der Waals surface area contributed by atoms with E-state index in [-0.39, 0.29) is 11.8 Å². The Morgan fingerprint density at radius 1 is 1.12 bits per heavy atom. The number of carbonyl (C=O) groups excluding carboxylic acids is 2. The summed E-state index contributed by atoms with van der Waals surface area (Å²) >= 11 is 7.14. The number of halogens is 2. The Hall–Kier alpha value is -1.66. The third kappa shape index (κ3) is 2.31. The summed E-state index contributed by atoms with van der Waals surface area (Å²) in [6.45, 7) is 0. The first-order valence-electron chi connectivity index (χ1n) is 8.26. The Balaban J connectivity index is 1.94. The molecule has 1 fully saturated rings. The highest BCUT2D eigenvalue weighted by Crippen LogP contribution is 2.62. The van der Waals surface area contributed by atoms with Crippen LogP contribution >= 0.6 is 31.9 Å². The summed E-state index contributed by atoms with van der Waals surface area (Å²) < 4.78 is 8.06. The summed E-state index contributed by atoms with van der Waals surface area (Å²) in [6.07, 6.45) is 0.606. The lowest BCUT2D eigenvalue weighted by atomic mass is 9.73. The van der Waals surface area contributed by atoms with E-state index in [1.165, 1.54) is 7.11 Å². The van der Waals surface area contributed by atoms with Gasteiger partial charge in [0.1, 0.15) is 0 Å². The summed E-state index contributed by atoms with van der Waals surface area (Å²) in [7, 11) is 1.30. The molecule has 4 atom stereocenters. The van der Waals surface area contributed by atoms with E-state index in [0.29, 0.717) is 6.42 Å². The van der Waals surface area contributed by atoms with Crippen LogP contribution in [0.3, 0.4) is 0 Å². The van der Waals surface area contributed by atoms with Crippen LogP contribution in [-0.2, 0) is 29.8 Å². The number of alkyl halides is 2. The number of cyclic esters (lactones) is 1. The maximum Gasteiger partial charge on any atom is 0.362 e. The molecular weight excluding hydrogens is 464 g/mol. The van der Waals surface area contributed by atoms with Crippen LogP contribution in [-0.4, -0.2) is 23.6 Å². The molecule has 26 heavy (non-hydrogen) atoms. The monoisotopic (exact) mass is 478 g/mol. The minimum Gasteiger partial charge on any atom is -0.465 e. The molecule has 4 nitrogen and oxygen atoms in total. The highest BCUT2D eigenvalue weighted by molar-refractivity contribution is 9.10. The summed E-state index contributed by atoms with van der Waals surface area (Å²) in [6, 6.07) is 17.4. The van der Waals surface area contributed by atoms with Crippen molar-refractivity contribution in [3.8, 4) is 0 Å². The van der Waals surface area contributed by atoms with Crippen LogP contribution in [0.25, 0.3) is 0 Å². The maximum absolute atomic E-state index is 13.2. The fourth-order valence-corrected chi connectivity index (χ4v) is 5.80. The van der Waals surface area contributed by atoms with Crippen molar-refractivity contribution in [3.05, 3.63) is 71.3 Å². The van der Waals surface area contributed by atoms with E-state index in [0.717, 1.165) is 16.7 Å². The van der Waals surface area contributed by atoms with Gasteiger partial charge in [-0.05, 0) is 39.0 Å². The van der Waals surface area contributed by atoms with Crippen molar-refractivity contribution in [2.75, 3.05) is 7.11 Å². The van der Waals surface area contributed by atoms with Crippen LogP contribution in [0.4, 0.5) is 0 Å². The van der Waals surface area contributed by atoms with Gasteiger partial charge in [0, 0.05) is 11.8 Å². The summed E-state index contributed by atoms with van der Waals surface area (Å²) in [4.78, 5) is 25.7. The molecule has 0 N–H and O–H groups in total. The van der Waals surface area contributed by atoms with Gasteiger partial charge >= 0.3 is 11.9 Å². The van der Waals surface area contributed by atoms with Gasteiger partial charge in [-0.2, -0.15) is 0 Å². The van der Waals surface area contributed by atoms with Crippen molar-refractivity contribution < 1.29 is 19.1 Å². The number of rotatable bonds is 2. The minimum atomic E-state index is -1.51. The van der Waals surface area contributed by atoms with E-state index in [9.17, 15) is 9.59 Å². The maximum atomic E-state index is 13.2. The molecule has 0 bridgehead atoms. The van der Waals surface area contributed by atoms with Crippen molar-refractivity contribution in [1.82, 2.24) is 0 Å². The van der Waals surface area contributed by atoms with Gasteiger partial charge in [-0.3, -0.25) is 4.79 Å².